The van der Waals surface area contributed by atoms with Gasteiger partial charge in [0.1, 0.15) is 12.4 Å². The maximum atomic E-state index is 9.13. The van der Waals surface area contributed by atoms with Gasteiger partial charge in [0.2, 0.25) is 0 Å². The molecule has 0 bridgehead atoms. The molecule has 1 rings (SSSR count). The molecule has 66 valence electrons. The topological polar surface area (TPSA) is 42.4 Å². The van der Waals surface area contributed by atoms with Crippen molar-refractivity contribution >= 4 is 15.9 Å². The normalized spacial score (nSPS) is 12.5. The van der Waals surface area contributed by atoms with Crippen LogP contribution in [-0.2, 0) is 0 Å². The number of alkyl halides is 1. The summed E-state index contributed by atoms with van der Waals surface area (Å²) in [7, 11) is 0. The predicted octanol–water partition coefficient (Wildman–Crippen LogP) is 1.22. The van der Waals surface area contributed by atoms with E-state index in [9.17, 15) is 0 Å². The first-order chi connectivity index (χ1) is 5.83. The summed E-state index contributed by atoms with van der Waals surface area (Å²) in [6.45, 7) is 0.289. The van der Waals surface area contributed by atoms with Crippen molar-refractivity contribution in [3.05, 3.63) is 24.5 Å². The molecule has 0 amide bonds. The molecule has 0 saturated carbocycles. The van der Waals surface area contributed by atoms with Gasteiger partial charge in [-0.3, -0.25) is 4.98 Å². The van der Waals surface area contributed by atoms with Crippen LogP contribution in [0.3, 0.4) is 0 Å². The molecule has 4 heteroatoms. The van der Waals surface area contributed by atoms with E-state index in [0.29, 0.717) is 11.1 Å². The van der Waals surface area contributed by atoms with Crippen LogP contribution in [0.15, 0.2) is 24.5 Å². The molecule has 1 atom stereocenters. The highest BCUT2D eigenvalue weighted by atomic mass is 79.9. The van der Waals surface area contributed by atoms with Gasteiger partial charge in [0.15, 0.2) is 0 Å². The Bertz CT molecular complexity index is 218. The third-order valence-electron chi connectivity index (χ3n) is 1.25. The molecule has 3 nitrogen and oxygen atoms in total. The highest BCUT2D eigenvalue weighted by molar-refractivity contribution is 9.09. The molecule has 0 aliphatic heterocycles. The highest BCUT2D eigenvalue weighted by Gasteiger charge is 2.01. The van der Waals surface area contributed by atoms with Crippen LogP contribution in [0.4, 0.5) is 0 Å². The van der Waals surface area contributed by atoms with E-state index in [4.69, 9.17) is 9.84 Å². The Balaban J connectivity index is 2.33. The number of aliphatic hydroxyl groups is 1. The molecule has 0 spiro atoms. The van der Waals surface area contributed by atoms with Crippen molar-refractivity contribution in [3.8, 4) is 5.75 Å². The number of hydrogen-bond acceptors (Lipinski definition) is 3. The molecule has 0 aliphatic rings. The lowest BCUT2D eigenvalue weighted by molar-refractivity contribution is 0.127. The van der Waals surface area contributed by atoms with E-state index in [2.05, 4.69) is 20.9 Å². The minimum Gasteiger partial charge on any atom is -0.489 e. The molecule has 1 aromatic heterocycles. The average Bonchev–Trinajstić information content (AvgIpc) is 2.16. The van der Waals surface area contributed by atoms with Crippen LogP contribution in [0, 0.1) is 0 Å². The van der Waals surface area contributed by atoms with Gasteiger partial charge in [-0.05, 0) is 12.1 Å². The molecule has 0 aromatic carbocycles. The number of rotatable bonds is 4. The van der Waals surface area contributed by atoms with E-state index in [1.165, 1.54) is 0 Å². The first-order valence-corrected chi connectivity index (χ1v) is 4.72. The molecule has 1 N–H and O–H groups in total. The van der Waals surface area contributed by atoms with Crippen molar-refractivity contribution in [1.82, 2.24) is 4.98 Å². The minimum absolute atomic E-state index is 0.289. The second-order valence-electron chi connectivity index (χ2n) is 2.31. The fraction of sp³-hybridized carbons (Fsp3) is 0.375. The quantitative estimate of drug-likeness (QED) is 0.793. The molecule has 1 aromatic rings. The Morgan fingerprint density at radius 2 is 2.50 bits per heavy atom. The molecule has 0 saturated heterocycles. The zero-order valence-corrected chi connectivity index (χ0v) is 8.07. The third-order valence-corrected chi connectivity index (χ3v) is 2.00. The van der Waals surface area contributed by atoms with Gasteiger partial charge in [-0.15, -0.1) is 0 Å². The number of pyridine rings is 1. The van der Waals surface area contributed by atoms with Crippen LogP contribution in [0.2, 0.25) is 0 Å². The summed E-state index contributed by atoms with van der Waals surface area (Å²) in [4.78, 5) is 3.87. The van der Waals surface area contributed by atoms with Crippen molar-refractivity contribution in [1.29, 1.82) is 0 Å². The van der Waals surface area contributed by atoms with Crippen LogP contribution in [0.5, 0.6) is 5.75 Å². The summed E-state index contributed by atoms with van der Waals surface area (Å²) >= 11 is 3.14. The SMILES string of the molecule is OC(CBr)COc1cccnc1. The Morgan fingerprint density at radius 3 is 3.08 bits per heavy atom. The average molecular weight is 232 g/mol. The fourth-order valence-electron chi connectivity index (χ4n) is 0.669. The Kier molecular flexibility index (Phi) is 4.04. The van der Waals surface area contributed by atoms with Gasteiger partial charge in [-0.1, -0.05) is 15.9 Å². The molecular weight excluding hydrogens is 222 g/mol. The van der Waals surface area contributed by atoms with E-state index < -0.39 is 6.10 Å². The monoisotopic (exact) mass is 231 g/mol. The Morgan fingerprint density at radius 1 is 1.67 bits per heavy atom. The highest BCUT2D eigenvalue weighted by Crippen LogP contribution is 2.06. The van der Waals surface area contributed by atoms with Crippen molar-refractivity contribution in [2.75, 3.05) is 11.9 Å². The Labute approximate surface area is 79.5 Å². The van der Waals surface area contributed by atoms with Gasteiger partial charge in [0, 0.05) is 11.5 Å². The van der Waals surface area contributed by atoms with Gasteiger partial charge < -0.3 is 9.84 Å². The van der Waals surface area contributed by atoms with Crippen molar-refractivity contribution in [3.63, 3.8) is 0 Å². The van der Waals surface area contributed by atoms with E-state index in [1.807, 2.05) is 0 Å². The third kappa shape index (κ3) is 3.19. The predicted molar refractivity (Wildman–Crippen MR) is 49.5 cm³/mol. The molecule has 1 unspecified atom stereocenters. The summed E-state index contributed by atoms with van der Waals surface area (Å²) in [5.74, 6) is 0.678. The first-order valence-electron chi connectivity index (χ1n) is 3.60. The molecule has 0 fully saturated rings. The van der Waals surface area contributed by atoms with Crippen LogP contribution in [0.1, 0.15) is 0 Å². The number of aromatic nitrogens is 1. The van der Waals surface area contributed by atoms with Crippen molar-refractivity contribution < 1.29 is 9.84 Å². The summed E-state index contributed by atoms with van der Waals surface area (Å²) in [5.41, 5.74) is 0. The van der Waals surface area contributed by atoms with Gasteiger partial charge in [0.05, 0.1) is 12.3 Å². The number of halogens is 1. The number of aliphatic hydroxyl groups excluding tert-OH is 1. The summed E-state index contributed by atoms with van der Waals surface area (Å²) in [6, 6.07) is 3.59. The fourth-order valence-corrected chi connectivity index (χ4v) is 0.856. The molecule has 1 heterocycles. The zero-order chi connectivity index (χ0) is 8.81. The summed E-state index contributed by atoms with van der Waals surface area (Å²) in [6.07, 6.45) is 2.82. The molecular formula is C8H10BrNO2. The van der Waals surface area contributed by atoms with Gasteiger partial charge >= 0.3 is 0 Å². The largest absolute Gasteiger partial charge is 0.489 e. The summed E-state index contributed by atoms with van der Waals surface area (Å²) in [5, 5.41) is 9.65. The summed E-state index contributed by atoms with van der Waals surface area (Å²) < 4.78 is 5.22. The van der Waals surface area contributed by atoms with E-state index >= 15 is 0 Å². The molecule has 0 radical (unpaired) electrons. The number of hydrogen-bond donors (Lipinski definition) is 1. The second-order valence-corrected chi connectivity index (χ2v) is 2.96. The van der Waals surface area contributed by atoms with Gasteiger partial charge in [0.25, 0.3) is 0 Å². The standard InChI is InChI=1S/C8H10BrNO2/c9-4-7(11)6-12-8-2-1-3-10-5-8/h1-3,5,7,11H,4,6H2. The first kappa shape index (κ1) is 9.48. The minimum atomic E-state index is -0.467. The Hall–Kier alpha value is -0.610. The van der Waals surface area contributed by atoms with Crippen LogP contribution in [0.25, 0.3) is 0 Å². The van der Waals surface area contributed by atoms with Crippen molar-refractivity contribution in [2.45, 2.75) is 6.10 Å². The smallest absolute Gasteiger partial charge is 0.137 e. The van der Waals surface area contributed by atoms with Gasteiger partial charge in [-0.25, -0.2) is 0 Å². The van der Waals surface area contributed by atoms with E-state index in [1.54, 1.807) is 24.5 Å². The van der Waals surface area contributed by atoms with Crippen molar-refractivity contribution in [2.24, 2.45) is 0 Å². The maximum absolute atomic E-state index is 9.13. The second kappa shape index (κ2) is 5.11. The lowest BCUT2D eigenvalue weighted by atomic mass is 10.4. The van der Waals surface area contributed by atoms with Crippen LogP contribution >= 0.6 is 15.9 Å². The van der Waals surface area contributed by atoms with Gasteiger partial charge in [-0.2, -0.15) is 0 Å². The lowest BCUT2D eigenvalue weighted by Gasteiger charge is -2.08. The number of ether oxygens (including phenoxy) is 1. The van der Waals surface area contributed by atoms with E-state index in [0.717, 1.165) is 0 Å². The maximum Gasteiger partial charge on any atom is 0.137 e. The number of nitrogens with zero attached hydrogens (tertiary/aromatic N) is 1. The van der Waals surface area contributed by atoms with Crippen LogP contribution in [-0.4, -0.2) is 28.1 Å². The molecule has 0 aliphatic carbocycles. The lowest BCUT2D eigenvalue weighted by Crippen LogP contribution is -2.18. The van der Waals surface area contributed by atoms with Crippen LogP contribution < -0.4 is 4.74 Å². The zero-order valence-electron chi connectivity index (χ0n) is 6.48. The van der Waals surface area contributed by atoms with E-state index in [-0.39, 0.29) is 6.61 Å². The molecule has 12 heavy (non-hydrogen) atoms.